The molecule has 11 heteroatoms. The van der Waals surface area contributed by atoms with Crippen LogP contribution in [-0.2, 0) is 22.7 Å². The van der Waals surface area contributed by atoms with Crippen LogP contribution in [0.5, 0.6) is 0 Å². The number of halogens is 2. The van der Waals surface area contributed by atoms with Gasteiger partial charge in [-0.05, 0) is 68.8 Å². The Bertz CT molecular complexity index is 1310. The third kappa shape index (κ3) is 4.95. The van der Waals surface area contributed by atoms with Gasteiger partial charge in [-0.15, -0.1) is 0 Å². The Labute approximate surface area is 218 Å². The first-order chi connectivity index (χ1) is 17.6. The number of pyridine rings is 1. The number of piperidine rings is 1. The lowest BCUT2D eigenvalue weighted by molar-refractivity contribution is -0.136. The average molecular weight is 528 g/mol. The van der Waals surface area contributed by atoms with Crippen molar-refractivity contribution in [2.24, 2.45) is 0 Å². The first kappa shape index (κ1) is 25.3. The minimum Gasteiger partial charge on any atom is -0.340 e. The van der Waals surface area contributed by atoms with Crippen LogP contribution in [0.25, 0.3) is 0 Å². The molecule has 1 aromatic carbocycles. The van der Waals surface area contributed by atoms with Crippen molar-refractivity contribution in [3.63, 3.8) is 0 Å². The summed E-state index contributed by atoms with van der Waals surface area (Å²) < 4.78 is 15.4. The number of alkyl halides is 1. The molecule has 1 saturated carbocycles. The Morgan fingerprint density at radius 3 is 2.70 bits per heavy atom. The maximum Gasteiger partial charge on any atom is 0.255 e. The first-order valence-electron chi connectivity index (χ1n) is 12.1. The van der Waals surface area contributed by atoms with Crippen molar-refractivity contribution < 1.29 is 23.6 Å². The van der Waals surface area contributed by atoms with E-state index in [9.17, 15) is 19.2 Å². The summed E-state index contributed by atoms with van der Waals surface area (Å²) in [5, 5.41) is 5.32. The fraction of sp³-hybridized carbons (Fsp3) is 0.423. The van der Waals surface area contributed by atoms with Gasteiger partial charge in [0.25, 0.3) is 11.8 Å². The van der Waals surface area contributed by atoms with E-state index in [1.165, 1.54) is 17.0 Å². The molecule has 0 spiro atoms. The lowest BCUT2D eigenvalue weighted by Gasteiger charge is -2.29. The van der Waals surface area contributed by atoms with Gasteiger partial charge >= 0.3 is 0 Å². The van der Waals surface area contributed by atoms with Gasteiger partial charge in [-0.2, -0.15) is 0 Å². The van der Waals surface area contributed by atoms with Crippen molar-refractivity contribution in [2.75, 3.05) is 14.1 Å². The topological polar surface area (TPSA) is 112 Å². The molecule has 2 aromatic rings. The second-order valence-corrected chi connectivity index (χ2v) is 10.6. The largest absolute Gasteiger partial charge is 0.340 e. The van der Waals surface area contributed by atoms with E-state index in [1.807, 2.05) is 19.0 Å². The Balaban J connectivity index is 1.35. The molecule has 0 bridgehead atoms. The summed E-state index contributed by atoms with van der Waals surface area (Å²) in [4.78, 5) is 57.7. The average Bonchev–Trinajstić information content (AvgIpc) is 3.50. The smallest absolute Gasteiger partial charge is 0.255 e. The molecule has 1 saturated heterocycles. The lowest BCUT2D eigenvalue weighted by Crippen LogP contribution is -2.52. The summed E-state index contributed by atoms with van der Waals surface area (Å²) in [6.45, 7) is 0.757. The van der Waals surface area contributed by atoms with Crippen LogP contribution in [0, 0.1) is 0 Å². The number of rotatable bonds is 7. The van der Waals surface area contributed by atoms with Crippen LogP contribution in [0.3, 0.4) is 0 Å². The molecule has 37 heavy (non-hydrogen) atoms. The number of aromatic nitrogens is 1. The minimum absolute atomic E-state index is 0.138. The number of benzene rings is 1. The van der Waals surface area contributed by atoms with Gasteiger partial charge < -0.3 is 15.1 Å². The number of carbonyl (C=O) groups is 4. The lowest BCUT2D eigenvalue weighted by atomic mass is 10.0. The number of imide groups is 1. The highest BCUT2D eigenvalue weighted by molar-refractivity contribution is 6.31. The molecule has 9 nitrogen and oxygen atoms in total. The maximum atomic E-state index is 15.4. The summed E-state index contributed by atoms with van der Waals surface area (Å²) in [5.41, 5.74) is 0.748. The standard InChI is InChI=1S/C26H27ClFN5O4/c1-32(2)12-14-9-18(27)21(29-11-14)22(26(28)7-8-26)31-23(35)15-3-4-17-16(10-15)13-33(25(17)37)19-5-6-20(34)30-24(19)36/h3-4,9-11,19,22H,5-8,12-13H2,1-2H3,(H,31,35)(H,30,34,36)/t19?,22-/m1/s1. The molecule has 3 heterocycles. The van der Waals surface area contributed by atoms with E-state index in [4.69, 9.17) is 11.6 Å². The first-order valence-corrected chi connectivity index (χ1v) is 12.5. The Kier molecular flexibility index (Phi) is 6.49. The van der Waals surface area contributed by atoms with E-state index < -0.39 is 29.6 Å². The number of carbonyl (C=O) groups excluding carboxylic acids is 4. The summed E-state index contributed by atoms with van der Waals surface area (Å²) in [7, 11) is 3.83. The summed E-state index contributed by atoms with van der Waals surface area (Å²) in [6.07, 6.45) is 2.61. The van der Waals surface area contributed by atoms with Crippen molar-refractivity contribution in [3.8, 4) is 0 Å². The van der Waals surface area contributed by atoms with Crippen LogP contribution in [0.1, 0.15) is 69.3 Å². The van der Waals surface area contributed by atoms with E-state index in [0.717, 1.165) is 5.56 Å². The Morgan fingerprint density at radius 1 is 1.30 bits per heavy atom. The number of nitrogens with zero attached hydrogens (tertiary/aromatic N) is 3. The highest BCUT2D eigenvalue weighted by Gasteiger charge is 2.53. The zero-order chi connectivity index (χ0) is 26.5. The van der Waals surface area contributed by atoms with E-state index >= 15 is 4.39 Å². The van der Waals surface area contributed by atoms with Gasteiger partial charge in [0.05, 0.1) is 10.7 Å². The van der Waals surface area contributed by atoms with Crippen molar-refractivity contribution in [1.82, 2.24) is 25.4 Å². The highest BCUT2D eigenvalue weighted by Crippen LogP contribution is 2.50. The minimum atomic E-state index is -1.63. The van der Waals surface area contributed by atoms with Gasteiger partial charge in [0.1, 0.15) is 17.8 Å². The molecule has 2 N–H and O–H groups in total. The van der Waals surface area contributed by atoms with Crippen LogP contribution >= 0.6 is 11.6 Å². The number of amides is 4. The number of hydrogen-bond acceptors (Lipinski definition) is 6. The quantitative estimate of drug-likeness (QED) is 0.535. The van der Waals surface area contributed by atoms with Crippen LogP contribution < -0.4 is 10.6 Å². The van der Waals surface area contributed by atoms with Gasteiger partial charge in [0.15, 0.2) is 0 Å². The number of nitrogens with one attached hydrogen (secondary N) is 2. The van der Waals surface area contributed by atoms with E-state index in [2.05, 4.69) is 15.6 Å². The van der Waals surface area contributed by atoms with Crippen molar-refractivity contribution in [2.45, 2.75) is 56.5 Å². The fourth-order valence-electron chi connectivity index (χ4n) is 4.93. The molecule has 0 radical (unpaired) electrons. The van der Waals surface area contributed by atoms with E-state index in [-0.39, 0.29) is 60.3 Å². The van der Waals surface area contributed by atoms with Gasteiger partial charge in [0, 0.05) is 36.8 Å². The van der Waals surface area contributed by atoms with Crippen LogP contribution in [0.2, 0.25) is 5.02 Å². The molecule has 1 unspecified atom stereocenters. The zero-order valence-corrected chi connectivity index (χ0v) is 21.3. The van der Waals surface area contributed by atoms with Gasteiger partial charge in [0.2, 0.25) is 11.8 Å². The summed E-state index contributed by atoms with van der Waals surface area (Å²) >= 11 is 6.48. The third-order valence-electron chi connectivity index (χ3n) is 7.00. The van der Waals surface area contributed by atoms with E-state index in [0.29, 0.717) is 17.7 Å². The molecule has 4 amide bonds. The van der Waals surface area contributed by atoms with Crippen molar-refractivity contribution in [1.29, 1.82) is 0 Å². The predicted molar refractivity (Wildman–Crippen MR) is 132 cm³/mol. The highest BCUT2D eigenvalue weighted by atomic mass is 35.5. The van der Waals surface area contributed by atoms with Crippen LogP contribution in [0.4, 0.5) is 4.39 Å². The fourth-order valence-corrected chi connectivity index (χ4v) is 5.23. The molecule has 3 aliphatic rings. The van der Waals surface area contributed by atoms with Gasteiger partial charge in [-0.25, -0.2) is 4.39 Å². The maximum absolute atomic E-state index is 15.4. The third-order valence-corrected chi connectivity index (χ3v) is 7.31. The van der Waals surface area contributed by atoms with Gasteiger partial charge in [-0.3, -0.25) is 29.5 Å². The van der Waals surface area contributed by atoms with Crippen LogP contribution in [0.15, 0.2) is 30.5 Å². The van der Waals surface area contributed by atoms with E-state index in [1.54, 1.807) is 18.3 Å². The second-order valence-electron chi connectivity index (χ2n) is 10.2. The molecular weight excluding hydrogens is 501 g/mol. The van der Waals surface area contributed by atoms with Crippen molar-refractivity contribution in [3.05, 3.63) is 63.4 Å². The molecule has 194 valence electrons. The number of hydrogen-bond donors (Lipinski definition) is 2. The zero-order valence-electron chi connectivity index (χ0n) is 20.5. The summed E-state index contributed by atoms with van der Waals surface area (Å²) in [6, 6.07) is 4.60. The SMILES string of the molecule is CN(C)Cc1cnc([C@@H](NC(=O)c2ccc3c(c2)CN(C2CCC(=O)NC2=O)C3=O)C2(F)CC2)c(Cl)c1. The molecule has 2 fully saturated rings. The monoisotopic (exact) mass is 527 g/mol. The number of fused-ring (bicyclic) bond motifs is 1. The Morgan fingerprint density at radius 2 is 2.05 bits per heavy atom. The molecule has 1 aromatic heterocycles. The second kappa shape index (κ2) is 9.50. The molecule has 1 aliphatic carbocycles. The molecular formula is C26H27ClFN5O4. The Hall–Kier alpha value is -3.37. The molecule has 5 rings (SSSR count). The molecule has 2 atom stereocenters. The van der Waals surface area contributed by atoms with Crippen LogP contribution in [-0.4, -0.2) is 64.2 Å². The predicted octanol–water partition coefficient (Wildman–Crippen LogP) is 2.53. The van der Waals surface area contributed by atoms with Crippen molar-refractivity contribution >= 4 is 35.2 Å². The normalized spacial score (nSPS) is 21.1. The van der Waals surface area contributed by atoms with Gasteiger partial charge in [-0.1, -0.05) is 11.6 Å². The summed E-state index contributed by atoms with van der Waals surface area (Å²) in [5.74, 6) is -1.71. The molecule has 2 aliphatic heterocycles.